The van der Waals surface area contributed by atoms with Crippen LogP contribution >= 0.6 is 11.6 Å². The quantitative estimate of drug-likeness (QED) is 0.760. The van der Waals surface area contributed by atoms with E-state index in [1.165, 1.54) is 6.07 Å². The van der Waals surface area contributed by atoms with Gasteiger partial charge in [0.1, 0.15) is 0 Å². The molecule has 0 atom stereocenters. The van der Waals surface area contributed by atoms with Gasteiger partial charge in [-0.05, 0) is 49.2 Å². The van der Waals surface area contributed by atoms with Gasteiger partial charge in [0.25, 0.3) is 5.91 Å². The molecule has 2 aromatic carbocycles. The highest BCUT2D eigenvalue weighted by Crippen LogP contribution is 2.30. The molecule has 1 saturated carbocycles. The lowest BCUT2D eigenvalue weighted by atomic mass is 10.2. The molecule has 2 N–H and O–H groups in total. The lowest BCUT2D eigenvalue weighted by molar-refractivity contribution is -0.119. The minimum Gasteiger partial charge on any atom is -0.452 e. The number of carbonyl (C=O) groups is 3. The predicted molar refractivity (Wildman–Crippen MR) is 98.2 cm³/mol. The summed E-state index contributed by atoms with van der Waals surface area (Å²) in [5.74, 6) is -1.09. The third kappa shape index (κ3) is 5.07. The van der Waals surface area contributed by atoms with Gasteiger partial charge in [0.15, 0.2) is 6.61 Å². The van der Waals surface area contributed by atoms with Gasteiger partial charge in [0.05, 0.1) is 5.56 Å². The van der Waals surface area contributed by atoms with Crippen molar-refractivity contribution in [2.24, 2.45) is 5.92 Å². The number of hydrogen-bond donors (Lipinski definition) is 2. The van der Waals surface area contributed by atoms with Gasteiger partial charge >= 0.3 is 5.97 Å². The highest BCUT2D eigenvalue weighted by atomic mass is 35.5. The summed E-state index contributed by atoms with van der Waals surface area (Å²) in [6.07, 6.45) is 1.80. The van der Waals surface area contributed by atoms with E-state index in [-0.39, 0.29) is 17.4 Å². The fraction of sp³-hybridized carbons (Fsp3) is 0.211. The van der Waals surface area contributed by atoms with Gasteiger partial charge in [-0.1, -0.05) is 23.7 Å². The molecule has 2 aromatic rings. The van der Waals surface area contributed by atoms with Crippen LogP contribution in [-0.4, -0.2) is 24.4 Å². The zero-order valence-electron chi connectivity index (χ0n) is 13.8. The Morgan fingerprint density at radius 1 is 1.00 bits per heavy atom. The number of nitrogens with one attached hydrogen (secondary N) is 2. The molecule has 0 heterocycles. The van der Waals surface area contributed by atoms with Crippen molar-refractivity contribution in [1.29, 1.82) is 0 Å². The van der Waals surface area contributed by atoms with Crippen LogP contribution in [0.2, 0.25) is 5.02 Å². The zero-order chi connectivity index (χ0) is 18.5. The van der Waals surface area contributed by atoms with E-state index in [2.05, 4.69) is 10.6 Å². The molecule has 26 heavy (non-hydrogen) atoms. The summed E-state index contributed by atoms with van der Waals surface area (Å²) in [5.41, 5.74) is 1.30. The Morgan fingerprint density at radius 3 is 2.38 bits per heavy atom. The van der Waals surface area contributed by atoms with E-state index in [1.54, 1.807) is 42.5 Å². The maximum atomic E-state index is 12.1. The van der Waals surface area contributed by atoms with Crippen LogP contribution in [0, 0.1) is 5.92 Å². The number of hydrogen-bond acceptors (Lipinski definition) is 4. The molecule has 2 amide bonds. The highest BCUT2D eigenvalue weighted by molar-refractivity contribution is 6.30. The number of halogens is 1. The van der Waals surface area contributed by atoms with Crippen molar-refractivity contribution in [2.45, 2.75) is 12.8 Å². The average Bonchev–Trinajstić information content (AvgIpc) is 3.45. The summed E-state index contributed by atoms with van der Waals surface area (Å²) in [6, 6.07) is 13.1. The van der Waals surface area contributed by atoms with E-state index in [1.807, 2.05) is 0 Å². The molecule has 0 aliphatic heterocycles. The van der Waals surface area contributed by atoms with Gasteiger partial charge in [-0.2, -0.15) is 0 Å². The molecule has 134 valence electrons. The van der Waals surface area contributed by atoms with Crippen LogP contribution in [0.1, 0.15) is 23.2 Å². The fourth-order valence-corrected chi connectivity index (χ4v) is 2.48. The molecular formula is C19H17ClN2O4. The van der Waals surface area contributed by atoms with Gasteiger partial charge in [-0.3, -0.25) is 9.59 Å². The third-order valence-corrected chi connectivity index (χ3v) is 3.99. The molecule has 0 spiro atoms. The second-order valence-corrected chi connectivity index (χ2v) is 6.42. The Balaban J connectivity index is 1.52. The van der Waals surface area contributed by atoms with E-state index < -0.39 is 18.5 Å². The predicted octanol–water partition coefficient (Wildman–Crippen LogP) is 3.48. The minimum atomic E-state index is -0.645. The lowest BCUT2D eigenvalue weighted by Crippen LogP contribution is -2.21. The van der Waals surface area contributed by atoms with Crippen molar-refractivity contribution in [3.05, 3.63) is 59.1 Å². The molecule has 3 rings (SSSR count). The number of ether oxygens (including phenoxy) is 1. The van der Waals surface area contributed by atoms with E-state index in [9.17, 15) is 14.4 Å². The monoisotopic (exact) mass is 372 g/mol. The van der Waals surface area contributed by atoms with Crippen LogP contribution in [0.4, 0.5) is 11.4 Å². The van der Waals surface area contributed by atoms with Crippen LogP contribution in [0.5, 0.6) is 0 Å². The van der Waals surface area contributed by atoms with Crippen molar-refractivity contribution in [2.75, 3.05) is 17.2 Å². The smallest absolute Gasteiger partial charge is 0.338 e. The summed E-state index contributed by atoms with van der Waals surface area (Å²) < 4.78 is 5.02. The average molecular weight is 373 g/mol. The summed E-state index contributed by atoms with van der Waals surface area (Å²) in [4.78, 5) is 35.7. The lowest BCUT2D eigenvalue weighted by Gasteiger charge is -2.08. The van der Waals surface area contributed by atoms with Gasteiger partial charge in [0, 0.05) is 22.3 Å². The maximum absolute atomic E-state index is 12.1. The zero-order valence-corrected chi connectivity index (χ0v) is 14.6. The molecule has 1 fully saturated rings. The van der Waals surface area contributed by atoms with Crippen molar-refractivity contribution < 1.29 is 19.1 Å². The molecular weight excluding hydrogens is 356 g/mol. The van der Waals surface area contributed by atoms with Gasteiger partial charge in [0.2, 0.25) is 5.91 Å². The second kappa shape index (κ2) is 8.01. The standard InChI is InChI=1S/C19H17ClN2O4/c20-14-4-2-6-16(10-14)21-17(23)11-26-19(25)13-3-1-5-15(9-13)22-18(24)12-7-8-12/h1-6,9-10,12H,7-8,11H2,(H,21,23)(H,22,24). The van der Waals surface area contributed by atoms with Crippen LogP contribution in [0.3, 0.4) is 0 Å². The molecule has 0 saturated heterocycles. The first-order valence-corrected chi connectivity index (χ1v) is 8.52. The second-order valence-electron chi connectivity index (χ2n) is 5.98. The van der Waals surface area contributed by atoms with E-state index in [0.29, 0.717) is 16.4 Å². The van der Waals surface area contributed by atoms with Crippen LogP contribution in [0.25, 0.3) is 0 Å². The van der Waals surface area contributed by atoms with Crippen LogP contribution in [-0.2, 0) is 14.3 Å². The van der Waals surface area contributed by atoms with Gasteiger partial charge < -0.3 is 15.4 Å². The number of benzene rings is 2. The summed E-state index contributed by atoms with van der Waals surface area (Å²) in [5, 5.41) is 5.84. The molecule has 6 nitrogen and oxygen atoms in total. The largest absolute Gasteiger partial charge is 0.452 e. The minimum absolute atomic E-state index is 0.0450. The Morgan fingerprint density at radius 2 is 1.69 bits per heavy atom. The number of carbonyl (C=O) groups excluding carboxylic acids is 3. The Kier molecular flexibility index (Phi) is 5.53. The van der Waals surface area contributed by atoms with Crippen molar-refractivity contribution >= 4 is 40.8 Å². The molecule has 0 aromatic heterocycles. The highest BCUT2D eigenvalue weighted by Gasteiger charge is 2.29. The molecule has 0 radical (unpaired) electrons. The summed E-state index contributed by atoms with van der Waals surface area (Å²) >= 11 is 5.84. The summed E-state index contributed by atoms with van der Waals surface area (Å²) in [6.45, 7) is -0.427. The summed E-state index contributed by atoms with van der Waals surface area (Å²) in [7, 11) is 0. The maximum Gasteiger partial charge on any atom is 0.338 e. The Hall–Kier alpha value is -2.86. The van der Waals surface area contributed by atoms with Crippen molar-refractivity contribution in [1.82, 2.24) is 0 Å². The van der Waals surface area contributed by atoms with E-state index in [4.69, 9.17) is 16.3 Å². The SMILES string of the molecule is O=C(COC(=O)c1cccc(NC(=O)C2CC2)c1)Nc1cccc(Cl)c1. The van der Waals surface area contributed by atoms with E-state index in [0.717, 1.165) is 12.8 Å². The van der Waals surface area contributed by atoms with Crippen LogP contribution < -0.4 is 10.6 Å². The number of anilines is 2. The Bertz CT molecular complexity index is 849. The molecule has 0 bridgehead atoms. The normalized spacial score (nSPS) is 13.0. The first-order valence-electron chi connectivity index (χ1n) is 8.15. The molecule has 1 aliphatic rings. The van der Waals surface area contributed by atoms with Crippen molar-refractivity contribution in [3.63, 3.8) is 0 Å². The molecule has 1 aliphatic carbocycles. The first kappa shape index (κ1) is 17.9. The van der Waals surface area contributed by atoms with Gasteiger partial charge in [-0.25, -0.2) is 4.79 Å². The topological polar surface area (TPSA) is 84.5 Å². The number of rotatable bonds is 6. The van der Waals surface area contributed by atoms with Crippen LogP contribution in [0.15, 0.2) is 48.5 Å². The van der Waals surface area contributed by atoms with Gasteiger partial charge in [-0.15, -0.1) is 0 Å². The Labute approximate surface area is 155 Å². The number of amides is 2. The fourth-order valence-electron chi connectivity index (χ4n) is 2.29. The molecule has 0 unspecified atom stereocenters. The molecule has 7 heteroatoms. The number of esters is 1. The first-order chi connectivity index (χ1) is 12.5. The third-order valence-electron chi connectivity index (χ3n) is 3.76. The van der Waals surface area contributed by atoms with Crippen molar-refractivity contribution in [3.8, 4) is 0 Å². The van der Waals surface area contributed by atoms with E-state index >= 15 is 0 Å².